The number of amides is 1. The van der Waals surface area contributed by atoms with Crippen LogP contribution in [0, 0.1) is 11.3 Å². The van der Waals surface area contributed by atoms with Gasteiger partial charge in [-0.2, -0.15) is 0 Å². The summed E-state index contributed by atoms with van der Waals surface area (Å²) in [5.74, 6) is 0.698. The second-order valence-corrected chi connectivity index (χ2v) is 5.10. The average Bonchev–Trinajstić information content (AvgIpc) is 2.16. The number of rotatable bonds is 6. The van der Waals surface area contributed by atoms with Gasteiger partial charge in [0.2, 0.25) is 5.91 Å². The number of carbonyl (C=O) groups excluding carboxylic acids is 1. The first-order chi connectivity index (χ1) is 6.85. The van der Waals surface area contributed by atoms with Gasteiger partial charge >= 0.3 is 0 Å². The van der Waals surface area contributed by atoms with Crippen LogP contribution < -0.4 is 10.6 Å². The smallest absolute Gasteiger partial charge is 0.226 e. The van der Waals surface area contributed by atoms with Gasteiger partial charge in [-0.05, 0) is 26.2 Å². The zero-order chi connectivity index (χ0) is 12.1. The molecule has 1 amide bonds. The van der Waals surface area contributed by atoms with Crippen molar-refractivity contribution < 1.29 is 4.79 Å². The van der Waals surface area contributed by atoms with E-state index < -0.39 is 0 Å². The predicted molar refractivity (Wildman–Crippen MR) is 64.8 cm³/mol. The highest BCUT2D eigenvalue weighted by Gasteiger charge is 2.27. The Morgan fingerprint density at radius 3 is 2.20 bits per heavy atom. The van der Waals surface area contributed by atoms with Crippen LogP contribution in [0.15, 0.2) is 0 Å². The van der Waals surface area contributed by atoms with E-state index in [0.29, 0.717) is 12.0 Å². The minimum atomic E-state index is -0.336. The van der Waals surface area contributed by atoms with Crippen LogP contribution >= 0.6 is 0 Å². The maximum atomic E-state index is 11.6. The first kappa shape index (κ1) is 14.4. The van der Waals surface area contributed by atoms with Crippen molar-refractivity contribution in [2.45, 2.75) is 47.1 Å². The van der Waals surface area contributed by atoms with Gasteiger partial charge < -0.3 is 10.6 Å². The lowest BCUT2D eigenvalue weighted by molar-refractivity contribution is -0.128. The maximum Gasteiger partial charge on any atom is 0.226 e. The van der Waals surface area contributed by atoms with Gasteiger partial charge in [0, 0.05) is 19.6 Å². The molecule has 0 aromatic heterocycles. The van der Waals surface area contributed by atoms with E-state index in [9.17, 15) is 4.79 Å². The van der Waals surface area contributed by atoms with E-state index in [-0.39, 0.29) is 11.3 Å². The number of hydrogen-bond acceptors (Lipinski definition) is 2. The van der Waals surface area contributed by atoms with Gasteiger partial charge in [0.05, 0.1) is 5.41 Å². The van der Waals surface area contributed by atoms with Crippen LogP contribution in [0.2, 0.25) is 0 Å². The lowest BCUT2D eigenvalue weighted by Gasteiger charge is -2.28. The van der Waals surface area contributed by atoms with Crippen molar-refractivity contribution >= 4 is 5.91 Å². The van der Waals surface area contributed by atoms with E-state index in [0.717, 1.165) is 13.0 Å². The molecule has 0 saturated heterocycles. The molecule has 1 atom stereocenters. The second-order valence-electron chi connectivity index (χ2n) is 5.10. The van der Waals surface area contributed by atoms with E-state index in [2.05, 4.69) is 31.4 Å². The highest BCUT2D eigenvalue weighted by Crippen LogP contribution is 2.15. The van der Waals surface area contributed by atoms with Crippen LogP contribution in [0.4, 0.5) is 0 Å². The van der Waals surface area contributed by atoms with E-state index in [1.54, 1.807) is 7.05 Å². The average molecular weight is 214 g/mol. The minimum Gasteiger partial charge on any atom is -0.359 e. The fourth-order valence-corrected chi connectivity index (χ4v) is 1.66. The van der Waals surface area contributed by atoms with E-state index in [1.807, 2.05) is 13.8 Å². The summed E-state index contributed by atoms with van der Waals surface area (Å²) in [6.07, 6.45) is 1.10. The maximum absolute atomic E-state index is 11.6. The molecule has 2 N–H and O–H groups in total. The van der Waals surface area contributed by atoms with Gasteiger partial charge in [0.15, 0.2) is 0 Å². The van der Waals surface area contributed by atoms with Crippen molar-refractivity contribution in [3.8, 4) is 0 Å². The summed E-state index contributed by atoms with van der Waals surface area (Å²) >= 11 is 0. The monoisotopic (exact) mass is 214 g/mol. The van der Waals surface area contributed by atoms with Crippen molar-refractivity contribution in [3.05, 3.63) is 0 Å². The molecule has 0 radical (unpaired) electrons. The zero-order valence-corrected chi connectivity index (χ0v) is 11.0. The highest BCUT2D eigenvalue weighted by molar-refractivity contribution is 5.81. The molecule has 0 spiro atoms. The van der Waals surface area contributed by atoms with Crippen molar-refractivity contribution in [1.29, 1.82) is 0 Å². The lowest BCUT2D eigenvalue weighted by Crippen LogP contribution is -2.46. The van der Waals surface area contributed by atoms with E-state index in [1.165, 1.54) is 0 Å². The Hall–Kier alpha value is -0.570. The summed E-state index contributed by atoms with van der Waals surface area (Å²) in [4.78, 5) is 11.6. The van der Waals surface area contributed by atoms with Crippen LogP contribution in [0.1, 0.15) is 41.0 Å². The Bertz CT molecular complexity index is 200. The van der Waals surface area contributed by atoms with Crippen LogP contribution in [0.25, 0.3) is 0 Å². The highest BCUT2D eigenvalue weighted by atomic mass is 16.2. The molecule has 0 aliphatic carbocycles. The molecule has 0 aromatic rings. The Morgan fingerprint density at radius 2 is 1.87 bits per heavy atom. The number of nitrogens with one attached hydrogen (secondary N) is 2. The molecule has 0 rings (SSSR count). The lowest BCUT2D eigenvalue weighted by atomic mass is 9.91. The van der Waals surface area contributed by atoms with Gasteiger partial charge in [-0.1, -0.05) is 20.8 Å². The molecule has 1 unspecified atom stereocenters. The third-order valence-corrected chi connectivity index (χ3v) is 2.89. The topological polar surface area (TPSA) is 41.1 Å². The fraction of sp³-hybridized carbons (Fsp3) is 0.917. The Kier molecular flexibility index (Phi) is 5.88. The van der Waals surface area contributed by atoms with Crippen LogP contribution in [0.5, 0.6) is 0 Å². The molecule has 0 saturated carbocycles. The SMILES string of the molecule is CCC(NCC(C)(C)C(=O)NC)C(C)C. The summed E-state index contributed by atoms with van der Waals surface area (Å²) < 4.78 is 0. The fourth-order valence-electron chi connectivity index (χ4n) is 1.66. The van der Waals surface area contributed by atoms with Gasteiger partial charge in [0.25, 0.3) is 0 Å². The molecule has 0 aromatic carbocycles. The normalized spacial score (nSPS) is 14.1. The third kappa shape index (κ3) is 4.65. The van der Waals surface area contributed by atoms with E-state index in [4.69, 9.17) is 0 Å². The Morgan fingerprint density at radius 1 is 1.33 bits per heavy atom. The van der Waals surface area contributed by atoms with Gasteiger partial charge in [0.1, 0.15) is 0 Å². The summed E-state index contributed by atoms with van der Waals surface area (Å²) in [5.41, 5.74) is -0.336. The number of hydrogen-bond donors (Lipinski definition) is 2. The molecule has 3 heteroatoms. The largest absolute Gasteiger partial charge is 0.359 e. The molecule has 15 heavy (non-hydrogen) atoms. The summed E-state index contributed by atoms with van der Waals surface area (Å²) in [5, 5.41) is 6.16. The molecule has 90 valence electrons. The van der Waals surface area contributed by atoms with E-state index >= 15 is 0 Å². The van der Waals surface area contributed by atoms with Crippen molar-refractivity contribution in [3.63, 3.8) is 0 Å². The molecule has 0 heterocycles. The molecular weight excluding hydrogens is 188 g/mol. The van der Waals surface area contributed by atoms with Gasteiger partial charge in [-0.15, -0.1) is 0 Å². The van der Waals surface area contributed by atoms with Gasteiger partial charge in [-0.25, -0.2) is 0 Å². The molecule has 0 bridgehead atoms. The first-order valence-electron chi connectivity index (χ1n) is 5.80. The first-order valence-corrected chi connectivity index (χ1v) is 5.80. The molecule has 3 nitrogen and oxygen atoms in total. The number of carbonyl (C=O) groups is 1. The molecule has 0 aliphatic heterocycles. The van der Waals surface area contributed by atoms with Crippen molar-refractivity contribution in [1.82, 2.24) is 10.6 Å². The molecule has 0 fully saturated rings. The summed E-state index contributed by atoms with van der Waals surface area (Å²) in [7, 11) is 1.68. The van der Waals surface area contributed by atoms with Crippen LogP contribution in [-0.4, -0.2) is 25.5 Å². The summed E-state index contributed by atoms with van der Waals surface area (Å²) in [6, 6.07) is 0.494. The third-order valence-electron chi connectivity index (χ3n) is 2.89. The minimum absolute atomic E-state index is 0.0913. The standard InChI is InChI=1S/C12H26N2O/c1-7-10(9(2)3)14-8-12(4,5)11(15)13-6/h9-10,14H,7-8H2,1-6H3,(H,13,15). The Balaban J connectivity index is 4.18. The quantitative estimate of drug-likeness (QED) is 0.707. The van der Waals surface area contributed by atoms with Crippen LogP contribution in [-0.2, 0) is 4.79 Å². The van der Waals surface area contributed by atoms with Gasteiger partial charge in [-0.3, -0.25) is 4.79 Å². The Labute approximate surface area is 94.0 Å². The van der Waals surface area contributed by atoms with Crippen molar-refractivity contribution in [2.75, 3.05) is 13.6 Å². The predicted octanol–water partition coefficient (Wildman–Crippen LogP) is 1.78. The van der Waals surface area contributed by atoms with Crippen LogP contribution in [0.3, 0.4) is 0 Å². The molecular formula is C12H26N2O. The zero-order valence-electron chi connectivity index (χ0n) is 11.0. The molecule has 0 aliphatic rings. The summed E-state index contributed by atoms with van der Waals surface area (Å²) in [6.45, 7) is 11.2. The van der Waals surface area contributed by atoms with Crippen molar-refractivity contribution in [2.24, 2.45) is 11.3 Å². The second kappa shape index (κ2) is 6.11.